The minimum absolute atomic E-state index is 0.000889. The Labute approximate surface area is 438 Å². The Hall–Kier alpha value is -5.64. The molecule has 2 aromatic heterocycles. The van der Waals surface area contributed by atoms with Crippen LogP contribution in [0.5, 0.6) is 5.75 Å². The standard InChI is InChI=1S/C55H70ClN9O7S/c1-33(35-12-14-36(15-13-35)45-34(2)59-32-73-45)60-48(69)42-25-39(66)29-65(42)49(70)46(52(3,4)5)61-44(67)11-10-20-55(30-71-31-55)64-23-21-63(22-24-64)43-19-17-38(28-58-43)47(68)62-50-53(6,7)51(54(50,8)9)72-40-18-16-37(27-57)41(56)26-40/h12-19,26,28,32-33,39,42,46,50-51,66H,10-11,20-25,29-31H2,1-9H3,(H,60,69)(H,61,67)(H,62,68)/t33-,39+,42?,46+,50?,51?/m0/s1. The fraction of sp³-hybridized carbons (Fsp3) is 0.545. The van der Waals surface area contributed by atoms with Crippen molar-refractivity contribution >= 4 is 52.4 Å². The number of pyridine rings is 1. The number of carbonyl (C=O) groups is 4. The van der Waals surface area contributed by atoms with Crippen LogP contribution >= 0.6 is 22.9 Å². The van der Waals surface area contributed by atoms with Gasteiger partial charge in [0.2, 0.25) is 17.7 Å². The normalized spacial score (nSPS) is 23.0. The minimum Gasteiger partial charge on any atom is -0.489 e. The average Bonchev–Trinajstić information content (AvgIpc) is 3.97. The van der Waals surface area contributed by atoms with Gasteiger partial charge in [0, 0.05) is 74.7 Å². The van der Waals surface area contributed by atoms with Crippen molar-refractivity contribution in [1.82, 2.24) is 35.7 Å². The quantitative estimate of drug-likeness (QED) is 0.0890. The highest BCUT2D eigenvalue weighted by atomic mass is 35.5. The Kier molecular flexibility index (Phi) is 15.7. The lowest BCUT2D eigenvalue weighted by molar-refractivity contribution is -0.164. The van der Waals surface area contributed by atoms with E-state index in [-0.39, 0.29) is 60.8 Å². The van der Waals surface area contributed by atoms with Crippen LogP contribution in [0.3, 0.4) is 0 Å². The number of rotatable bonds is 16. The SMILES string of the molecule is Cc1ncsc1-c1ccc([C@H](C)NC(=O)C2C[C@@H](O)CN2C(=O)[C@@H](NC(=O)CCCC2(N3CCN(c4ccc(C(=O)NC5C(C)(C)C(Oc6ccc(C#N)c(Cl)c6)C5(C)C)cn4)CC3)COC2)C(C)(C)C)cc1. The van der Waals surface area contributed by atoms with Crippen LogP contribution in [0.2, 0.25) is 5.02 Å². The van der Waals surface area contributed by atoms with Gasteiger partial charge < -0.3 is 40.3 Å². The number of likely N-dealkylation sites (tertiary alicyclic amines) is 1. The molecule has 0 bridgehead atoms. The van der Waals surface area contributed by atoms with Gasteiger partial charge in [-0.15, -0.1) is 11.3 Å². The first-order chi connectivity index (χ1) is 34.5. The van der Waals surface area contributed by atoms with Gasteiger partial charge in [0.05, 0.1) is 63.1 Å². The number of nitriles is 1. The lowest BCUT2D eigenvalue weighted by Gasteiger charge is -2.63. The number of nitrogens with one attached hydrogen (secondary N) is 3. The smallest absolute Gasteiger partial charge is 0.253 e. The van der Waals surface area contributed by atoms with E-state index in [9.17, 15) is 29.5 Å². The molecule has 1 saturated carbocycles. The van der Waals surface area contributed by atoms with Crippen molar-refractivity contribution in [3.8, 4) is 22.3 Å². The predicted molar refractivity (Wildman–Crippen MR) is 281 cm³/mol. The third-order valence-corrected chi connectivity index (χ3v) is 16.9. The second kappa shape index (κ2) is 21.3. The number of carbonyl (C=O) groups excluding carboxylic acids is 4. The van der Waals surface area contributed by atoms with E-state index in [0.29, 0.717) is 41.5 Å². The molecule has 16 nitrogen and oxygen atoms in total. The number of hydrogen-bond donors (Lipinski definition) is 4. The molecule has 73 heavy (non-hydrogen) atoms. The fourth-order valence-corrected chi connectivity index (χ4v) is 12.6. The summed E-state index contributed by atoms with van der Waals surface area (Å²) >= 11 is 7.85. The highest BCUT2D eigenvalue weighted by molar-refractivity contribution is 7.13. The molecule has 18 heteroatoms. The molecule has 2 aromatic carbocycles. The lowest BCUT2D eigenvalue weighted by Crippen LogP contribution is -2.74. The molecule has 0 spiro atoms. The molecule has 390 valence electrons. The van der Waals surface area contributed by atoms with E-state index in [1.807, 2.05) is 76.5 Å². The molecule has 3 saturated heterocycles. The van der Waals surface area contributed by atoms with Gasteiger partial charge in [0.1, 0.15) is 35.8 Å². The minimum atomic E-state index is -0.912. The third kappa shape index (κ3) is 11.2. The number of aliphatic hydroxyl groups is 1. The number of nitrogens with zero attached hydrogens (tertiary/aromatic N) is 6. The van der Waals surface area contributed by atoms with Gasteiger partial charge in [-0.1, -0.05) is 84.3 Å². The molecule has 4 amide bonds. The molecular weight excluding hydrogens is 966 g/mol. The van der Waals surface area contributed by atoms with Gasteiger partial charge in [0.15, 0.2) is 0 Å². The maximum absolute atomic E-state index is 14.3. The number of ether oxygens (including phenoxy) is 2. The number of thiazole rings is 1. The molecule has 1 unspecified atom stereocenters. The molecule has 4 N–H and O–H groups in total. The van der Waals surface area contributed by atoms with Gasteiger partial charge in [-0.2, -0.15) is 5.26 Å². The van der Waals surface area contributed by atoms with E-state index in [1.54, 1.807) is 35.7 Å². The van der Waals surface area contributed by atoms with Crippen LogP contribution in [-0.4, -0.2) is 130 Å². The topological polar surface area (TPSA) is 202 Å². The van der Waals surface area contributed by atoms with Gasteiger partial charge in [-0.3, -0.25) is 24.1 Å². The van der Waals surface area contributed by atoms with E-state index in [0.717, 1.165) is 60.1 Å². The number of aryl methyl sites for hydroxylation is 1. The van der Waals surface area contributed by atoms with E-state index >= 15 is 0 Å². The van der Waals surface area contributed by atoms with Crippen molar-refractivity contribution in [3.05, 3.63) is 93.7 Å². The summed E-state index contributed by atoms with van der Waals surface area (Å²) in [6, 6.07) is 16.5. The predicted octanol–water partition coefficient (Wildman–Crippen LogP) is 7.08. The summed E-state index contributed by atoms with van der Waals surface area (Å²) in [4.78, 5) is 71.6. The number of halogens is 1. The number of aromatic nitrogens is 2. The van der Waals surface area contributed by atoms with Crippen LogP contribution < -0.4 is 25.6 Å². The molecule has 3 aliphatic heterocycles. The maximum atomic E-state index is 14.3. The number of anilines is 1. The van der Waals surface area contributed by atoms with Crippen LogP contribution in [0.15, 0.2) is 66.3 Å². The van der Waals surface area contributed by atoms with Crippen molar-refractivity contribution in [2.24, 2.45) is 16.2 Å². The number of β-amino-alcohol motifs (C(OH)–C–C–N with tert-alkyl or cyclic N) is 1. The zero-order chi connectivity index (χ0) is 52.6. The lowest BCUT2D eigenvalue weighted by atomic mass is 9.49. The molecule has 5 heterocycles. The number of hydrogen-bond acceptors (Lipinski definition) is 13. The molecule has 4 atom stereocenters. The van der Waals surface area contributed by atoms with Crippen LogP contribution in [0.4, 0.5) is 5.82 Å². The highest BCUT2D eigenvalue weighted by Crippen LogP contribution is 2.55. The Balaban J connectivity index is 0.799. The zero-order valence-electron chi connectivity index (χ0n) is 43.5. The fourth-order valence-electron chi connectivity index (χ4n) is 11.6. The van der Waals surface area contributed by atoms with Crippen LogP contribution in [0.25, 0.3) is 10.4 Å². The van der Waals surface area contributed by atoms with E-state index in [4.69, 9.17) is 26.1 Å². The number of piperazine rings is 1. The first-order valence-electron chi connectivity index (χ1n) is 25.3. The Morgan fingerprint density at radius 3 is 2.26 bits per heavy atom. The van der Waals surface area contributed by atoms with E-state index in [1.165, 1.54) is 4.90 Å². The monoisotopic (exact) mass is 1040 g/mol. The summed E-state index contributed by atoms with van der Waals surface area (Å²) in [6.07, 6.45) is 2.20. The van der Waals surface area contributed by atoms with Gasteiger partial charge in [-0.25, -0.2) is 9.97 Å². The van der Waals surface area contributed by atoms with E-state index < -0.39 is 40.3 Å². The number of aliphatic hydroxyl groups excluding tert-OH is 1. The van der Waals surface area contributed by atoms with Crippen LogP contribution in [-0.2, 0) is 19.1 Å². The summed E-state index contributed by atoms with van der Waals surface area (Å²) < 4.78 is 12.2. The zero-order valence-corrected chi connectivity index (χ0v) is 45.0. The molecule has 4 aliphatic rings. The van der Waals surface area contributed by atoms with Crippen LogP contribution in [0, 0.1) is 34.5 Å². The van der Waals surface area contributed by atoms with Gasteiger partial charge in [0.25, 0.3) is 5.91 Å². The molecule has 0 radical (unpaired) electrons. The van der Waals surface area contributed by atoms with Crippen molar-refractivity contribution in [2.45, 2.75) is 130 Å². The first kappa shape index (κ1) is 53.6. The Morgan fingerprint density at radius 1 is 0.986 bits per heavy atom. The number of benzene rings is 2. The summed E-state index contributed by atoms with van der Waals surface area (Å²) in [5.41, 5.74) is 3.93. The van der Waals surface area contributed by atoms with Crippen molar-refractivity contribution in [2.75, 3.05) is 50.8 Å². The van der Waals surface area contributed by atoms with Crippen molar-refractivity contribution < 1.29 is 33.8 Å². The summed E-state index contributed by atoms with van der Waals surface area (Å²) in [5, 5.41) is 29.7. The molecule has 8 rings (SSSR count). The van der Waals surface area contributed by atoms with Gasteiger partial charge in [-0.05, 0) is 67.5 Å². The largest absolute Gasteiger partial charge is 0.489 e. The Bertz CT molecular complexity index is 2690. The molecule has 1 aliphatic carbocycles. The maximum Gasteiger partial charge on any atom is 0.253 e. The van der Waals surface area contributed by atoms with Crippen LogP contribution in [0.1, 0.15) is 114 Å². The van der Waals surface area contributed by atoms with Crippen molar-refractivity contribution in [1.29, 1.82) is 5.26 Å². The van der Waals surface area contributed by atoms with Crippen molar-refractivity contribution in [3.63, 3.8) is 0 Å². The van der Waals surface area contributed by atoms with Gasteiger partial charge >= 0.3 is 0 Å². The Morgan fingerprint density at radius 2 is 1.68 bits per heavy atom. The average molecular weight is 1040 g/mol. The third-order valence-electron chi connectivity index (χ3n) is 15.6. The highest BCUT2D eigenvalue weighted by Gasteiger charge is 2.64. The molecule has 4 aromatic rings. The summed E-state index contributed by atoms with van der Waals surface area (Å²) in [5.74, 6) is 0.177. The molecule has 4 fully saturated rings. The number of amides is 4. The first-order valence-corrected chi connectivity index (χ1v) is 26.6. The second-order valence-corrected chi connectivity index (χ2v) is 23.9. The molecular formula is C55H70ClN9O7S. The second-order valence-electron chi connectivity index (χ2n) is 22.6. The summed E-state index contributed by atoms with van der Waals surface area (Å²) in [7, 11) is 0. The summed E-state index contributed by atoms with van der Waals surface area (Å²) in [6.45, 7) is 22.0. The van der Waals surface area contributed by atoms with E-state index in [2.05, 4.69) is 64.5 Å².